The summed E-state index contributed by atoms with van der Waals surface area (Å²) in [6, 6.07) is -0.165. The molecule has 1 unspecified atom stereocenters. The first-order valence-corrected chi connectivity index (χ1v) is 5.94. The Morgan fingerprint density at radius 1 is 1.31 bits per heavy atom. The Morgan fingerprint density at radius 3 is 2.75 bits per heavy atom. The van der Waals surface area contributed by atoms with Crippen LogP contribution >= 0.6 is 0 Å². The van der Waals surface area contributed by atoms with Crippen molar-refractivity contribution in [2.45, 2.75) is 44.2 Å². The minimum absolute atomic E-state index is 0.0746. The third-order valence-electron chi connectivity index (χ3n) is 3.43. The molecule has 0 saturated carbocycles. The predicted molar refractivity (Wildman–Crippen MR) is 58.0 cm³/mol. The fourth-order valence-electron chi connectivity index (χ4n) is 2.64. The Morgan fingerprint density at radius 2 is 2.12 bits per heavy atom. The van der Waals surface area contributed by atoms with Crippen LogP contribution in [-0.2, 0) is 9.59 Å². The van der Waals surface area contributed by atoms with E-state index in [9.17, 15) is 9.59 Å². The quantitative estimate of drug-likeness (QED) is 0.721. The highest BCUT2D eigenvalue weighted by Crippen LogP contribution is 2.22. The Hall–Kier alpha value is -1.10. The van der Waals surface area contributed by atoms with Gasteiger partial charge in [-0.3, -0.25) is 9.59 Å². The van der Waals surface area contributed by atoms with Crippen molar-refractivity contribution in [2.75, 3.05) is 13.1 Å². The Labute approximate surface area is 94.8 Å². The van der Waals surface area contributed by atoms with Crippen LogP contribution in [0.15, 0.2) is 0 Å². The van der Waals surface area contributed by atoms with E-state index < -0.39 is 5.97 Å². The Kier molecular flexibility index (Phi) is 3.43. The van der Waals surface area contributed by atoms with E-state index in [2.05, 4.69) is 5.32 Å². The first-order chi connectivity index (χ1) is 7.68. The Balaban J connectivity index is 1.95. The van der Waals surface area contributed by atoms with Gasteiger partial charge in [-0.05, 0) is 32.2 Å². The number of carboxylic acid groups (broad SMARTS) is 1. The van der Waals surface area contributed by atoms with Crippen molar-refractivity contribution in [3.05, 3.63) is 0 Å². The monoisotopic (exact) mass is 226 g/mol. The van der Waals surface area contributed by atoms with Crippen LogP contribution in [0.4, 0.5) is 0 Å². The number of nitrogens with one attached hydrogen (secondary N) is 1. The largest absolute Gasteiger partial charge is 0.481 e. The van der Waals surface area contributed by atoms with Crippen LogP contribution in [0.5, 0.6) is 0 Å². The number of carboxylic acids is 1. The van der Waals surface area contributed by atoms with Gasteiger partial charge in [0.1, 0.15) is 0 Å². The molecule has 2 atom stereocenters. The number of hydrogen-bond donors (Lipinski definition) is 2. The number of hydrogen-bond acceptors (Lipinski definition) is 3. The summed E-state index contributed by atoms with van der Waals surface area (Å²) in [6.07, 6.45) is 3.75. The van der Waals surface area contributed by atoms with E-state index in [0.717, 1.165) is 38.8 Å². The maximum Gasteiger partial charge on any atom is 0.305 e. The summed E-state index contributed by atoms with van der Waals surface area (Å²) in [5.74, 6) is -0.717. The third kappa shape index (κ3) is 2.35. The van der Waals surface area contributed by atoms with E-state index in [1.54, 1.807) is 4.90 Å². The summed E-state index contributed by atoms with van der Waals surface area (Å²) in [5, 5.41) is 12.0. The minimum atomic E-state index is -0.816. The second-order valence-electron chi connectivity index (χ2n) is 4.57. The SMILES string of the molecule is O=C(O)CC1CCCN1C(=O)[C@@H]1CCCN1. The van der Waals surface area contributed by atoms with Crippen molar-refractivity contribution in [3.8, 4) is 0 Å². The lowest BCUT2D eigenvalue weighted by molar-refractivity contribution is -0.140. The van der Waals surface area contributed by atoms with Gasteiger partial charge in [0.05, 0.1) is 12.5 Å². The maximum atomic E-state index is 12.1. The van der Waals surface area contributed by atoms with Gasteiger partial charge in [0, 0.05) is 12.6 Å². The molecule has 2 saturated heterocycles. The highest BCUT2D eigenvalue weighted by molar-refractivity contribution is 5.83. The fourth-order valence-corrected chi connectivity index (χ4v) is 2.64. The third-order valence-corrected chi connectivity index (χ3v) is 3.43. The minimum Gasteiger partial charge on any atom is -0.481 e. The first-order valence-electron chi connectivity index (χ1n) is 5.94. The number of carbonyl (C=O) groups is 2. The van der Waals surface area contributed by atoms with Gasteiger partial charge in [0.2, 0.25) is 5.91 Å². The molecule has 16 heavy (non-hydrogen) atoms. The van der Waals surface area contributed by atoms with Gasteiger partial charge in [0.15, 0.2) is 0 Å². The van der Waals surface area contributed by atoms with Crippen LogP contribution in [0, 0.1) is 0 Å². The van der Waals surface area contributed by atoms with Gasteiger partial charge in [-0.15, -0.1) is 0 Å². The molecule has 2 rings (SSSR count). The van der Waals surface area contributed by atoms with Gasteiger partial charge in [-0.2, -0.15) is 0 Å². The fraction of sp³-hybridized carbons (Fsp3) is 0.818. The number of likely N-dealkylation sites (tertiary alicyclic amines) is 1. The molecule has 0 aromatic heterocycles. The van der Waals surface area contributed by atoms with E-state index in [0.29, 0.717) is 0 Å². The molecule has 0 aliphatic carbocycles. The predicted octanol–water partition coefficient (Wildman–Crippen LogP) is 0.204. The lowest BCUT2D eigenvalue weighted by Gasteiger charge is -2.26. The van der Waals surface area contributed by atoms with Crippen LogP contribution in [0.3, 0.4) is 0 Å². The highest BCUT2D eigenvalue weighted by atomic mass is 16.4. The van der Waals surface area contributed by atoms with Gasteiger partial charge in [0.25, 0.3) is 0 Å². The molecule has 5 heteroatoms. The molecule has 0 aromatic carbocycles. The molecule has 0 spiro atoms. The smallest absolute Gasteiger partial charge is 0.305 e. The summed E-state index contributed by atoms with van der Waals surface area (Å²) in [6.45, 7) is 1.61. The lowest BCUT2D eigenvalue weighted by Crippen LogP contribution is -2.46. The molecule has 0 bridgehead atoms. The molecule has 2 fully saturated rings. The molecule has 2 heterocycles. The normalized spacial score (nSPS) is 29.6. The number of aliphatic carboxylic acids is 1. The van der Waals surface area contributed by atoms with E-state index in [1.165, 1.54) is 0 Å². The lowest BCUT2D eigenvalue weighted by atomic mass is 10.1. The van der Waals surface area contributed by atoms with E-state index >= 15 is 0 Å². The van der Waals surface area contributed by atoms with E-state index in [1.807, 2.05) is 0 Å². The summed E-state index contributed by atoms with van der Waals surface area (Å²) >= 11 is 0. The van der Waals surface area contributed by atoms with Crippen LogP contribution in [-0.4, -0.2) is 47.1 Å². The number of rotatable bonds is 3. The molecule has 2 N–H and O–H groups in total. The van der Waals surface area contributed by atoms with Crippen molar-refractivity contribution in [3.63, 3.8) is 0 Å². The number of nitrogens with zero attached hydrogens (tertiary/aromatic N) is 1. The van der Waals surface area contributed by atoms with E-state index in [-0.39, 0.29) is 24.4 Å². The van der Waals surface area contributed by atoms with Crippen LogP contribution in [0.1, 0.15) is 32.1 Å². The second-order valence-corrected chi connectivity index (χ2v) is 4.57. The second kappa shape index (κ2) is 4.82. The molecule has 90 valence electrons. The van der Waals surface area contributed by atoms with Gasteiger partial charge in [-0.1, -0.05) is 0 Å². The molecular weight excluding hydrogens is 208 g/mol. The molecule has 5 nitrogen and oxygen atoms in total. The average Bonchev–Trinajstić information content (AvgIpc) is 2.84. The standard InChI is InChI=1S/C11H18N2O3/c14-10(15)7-8-3-2-6-13(8)11(16)9-4-1-5-12-9/h8-9,12H,1-7H2,(H,14,15)/t8?,9-/m0/s1. The zero-order valence-electron chi connectivity index (χ0n) is 9.32. The maximum absolute atomic E-state index is 12.1. The summed E-state index contributed by atoms with van der Waals surface area (Å²) < 4.78 is 0. The first kappa shape index (κ1) is 11.4. The highest BCUT2D eigenvalue weighted by Gasteiger charge is 2.34. The Bertz CT molecular complexity index is 287. The van der Waals surface area contributed by atoms with Crippen LogP contribution in [0.2, 0.25) is 0 Å². The van der Waals surface area contributed by atoms with Crippen molar-refractivity contribution in [2.24, 2.45) is 0 Å². The van der Waals surface area contributed by atoms with Crippen LogP contribution in [0.25, 0.3) is 0 Å². The summed E-state index contributed by atoms with van der Waals surface area (Å²) in [4.78, 5) is 24.6. The summed E-state index contributed by atoms with van der Waals surface area (Å²) in [5.41, 5.74) is 0. The molecule has 0 radical (unpaired) electrons. The molecular formula is C11H18N2O3. The van der Waals surface area contributed by atoms with Crippen molar-refractivity contribution in [1.29, 1.82) is 0 Å². The van der Waals surface area contributed by atoms with E-state index in [4.69, 9.17) is 5.11 Å². The van der Waals surface area contributed by atoms with Crippen molar-refractivity contribution < 1.29 is 14.7 Å². The van der Waals surface area contributed by atoms with Gasteiger partial charge >= 0.3 is 5.97 Å². The van der Waals surface area contributed by atoms with Gasteiger partial charge in [-0.25, -0.2) is 0 Å². The topological polar surface area (TPSA) is 69.6 Å². The molecule has 2 aliphatic heterocycles. The molecule has 2 aliphatic rings. The zero-order valence-corrected chi connectivity index (χ0v) is 9.32. The summed E-state index contributed by atoms with van der Waals surface area (Å²) in [7, 11) is 0. The molecule has 1 amide bonds. The van der Waals surface area contributed by atoms with Gasteiger partial charge < -0.3 is 15.3 Å². The average molecular weight is 226 g/mol. The van der Waals surface area contributed by atoms with Crippen LogP contribution < -0.4 is 5.32 Å². The van der Waals surface area contributed by atoms with Crippen molar-refractivity contribution in [1.82, 2.24) is 10.2 Å². The molecule has 0 aromatic rings. The number of amides is 1. The number of carbonyl (C=O) groups excluding carboxylic acids is 1. The van der Waals surface area contributed by atoms with Crippen molar-refractivity contribution >= 4 is 11.9 Å². The zero-order chi connectivity index (χ0) is 11.5.